The van der Waals surface area contributed by atoms with Crippen LogP contribution in [0.1, 0.15) is 5.56 Å². The molecule has 0 N–H and O–H groups in total. The van der Waals surface area contributed by atoms with Gasteiger partial charge in [-0.05, 0) is 24.3 Å². The van der Waals surface area contributed by atoms with Gasteiger partial charge in [-0.15, -0.1) is 0 Å². The first-order valence-electron chi connectivity index (χ1n) is 7.12. The summed E-state index contributed by atoms with van der Waals surface area (Å²) in [5.74, 6) is 5.89. The third kappa shape index (κ3) is 3.33. The van der Waals surface area contributed by atoms with E-state index in [0.717, 1.165) is 22.1 Å². The van der Waals surface area contributed by atoms with Crippen molar-refractivity contribution in [1.82, 2.24) is 0 Å². The first-order chi connectivity index (χ1) is 11.3. The summed E-state index contributed by atoms with van der Waals surface area (Å²) in [7, 11) is 1.61. The standard InChI is InChI=1S/C20H14O3/c1-22-18-12-13-19(17-10-6-5-9-16(17)18)23-20(21)14-11-15-7-3-2-4-8-15/h2-10,12-13H,1H3. The van der Waals surface area contributed by atoms with Crippen molar-refractivity contribution < 1.29 is 14.3 Å². The fourth-order valence-electron chi connectivity index (χ4n) is 2.28. The molecule has 3 aromatic rings. The zero-order valence-electron chi connectivity index (χ0n) is 12.6. The lowest BCUT2D eigenvalue weighted by molar-refractivity contribution is -0.127. The van der Waals surface area contributed by atoms with Gasteiger partial charge in [0.25, 0.3) is 0 Å². The summed E-state index contributed by atoms with van der Waals surface area (Å²) >= 11 is 0. The summed E-state index contributed by atoms with van der Waals surface area (Å²) in [6.45, 7) is 0. The van der Waals surface area contributed by atoms with Crippen molar-refractivity contribution in [2.45, 2.75) is 0 Å². The molecule has 23 heavy (non-hydrogen) atoms. The van der Waals surface area contributed by atoms with E-state index in [4.69, 9.17) is 9.47 Å². The van der Waals surface area contributed by atoms with E-state index < -0.39 is 5.97 Å². The molecule has 0 aliphatic heterocycles. The van der Waals surface area contributed by atoms with Crippen molar-refractivity contribution in [3.8, 4) is 23.3 Å². The average Bonchev–Trinajstić information content (AvgIpc) is 2.61. The summed E-state index contributed by atoms with van der Waals surface area (Å²) in [6.07, 6.45) is 0. The van der Waals surface area contributed by atoms with Crippen LogP contribution in [-0.2, 0) is 4.79 Å². The van der Waals surface area contributed by atoms with Crippen LogP contribution >= 0.6 is 0 Å². The molecule has 3 aromatic carbocycles. The second kappa shape index (κ2) is 6.67. The van der Waals surface area contributed by atoms with Crippen LogP contribution in [-0.4, -0.2) is 13.1 Å². The van der Waals surface area contributed by atoms with Crippen molar-refractivity contribution in [3.63, 3.8) is 0 Å². The molecule has 0 fully saturated rings. The molecule has 112 valence electrons. The van der Waals surface area contributed by atoms with Crippen LogP contribution in [0, 0.1) is 11.8 Å². The van der Waals surface area contributed by atoms with Crippen LogP contribution in [0.4, 0.5) is 0 Å². The summed E-state index contributed by atoms with van der Waals surface area (Å²) in [5, 5.41) is 1.69. The van der Waals surface area contributed by atoms with E-state index in [2.05, 4.69) is 11.8 Å². The number of methoxy groups -OCH3 is 1. The van der Waals surface area contributed by atoms with E-state index in [-0.39, 0.29) is 0 Å². The number of ether oxygens (including phenoxy) is 2. The minimum atomic E-state index is -0.593. The predicted molar refractivity (Wildman–Crippen MR) is 89.5 cm³/mol. The maximum atomic E-state index is 12.0. The number of fused-ring (bicyclic) bond motifs is 1. The number of carbonyl (C=O) groups is 1. The van der Waals surface area contributed by atoms with Gasteiger partial charge in [-0.2, -0.15) is 0 Å². The molecule has 0 aromatic heterocycles. The lowest BCUT2D eigenvalue weighted by atomic mass is 10.1. The van der Waals surface area contributed by atoms with Gasteiger partial charge in [-0.3, -0.25) is 0 Å². The highest BCUT2D eigenvalue weighted by Crippen LogP contribution is 2.32. The Bertz CT molecular complexity index is 902. The van der Waals surface area contributed by atoms with Crippen molar-refractivity contribution >= 4 is 16.7 Å². The number of carbonyl (C=O) groups excluding carboxylic acids is 1. The van der Waals surface area contributed by atoms with Gasteiger partial charge < -0.3 is 9.47 Å². The minimum absolute atomic E-state index is 0.466. The number of benzene rings is 3. The third-order valence-electron chi connectivity index (χ3n) is 3.35. The molecule has 3 nitrogen and oxygen atoms in total. The van der Waals surface area contributed by atoms with Crippen LogP contribution in [0.15, 0.2) is 66.7 Å². The molecular weight excluding hydrogens is 288 g/mol. The van der Waals surface area contributed by atoms with E-state index in [9.17, 15) is 4.79 Å². The Morgan fingerprint density at radius 2 is 1.43 bits per heavy atom. The molecule has 0 spiro atoms. The molecule has 0 aliphatic rings. The van der Waals surface area contributed by atoms with Crippen LogP contribution in [0.2, 0.25) is 0 Å². The SMILES string of the molecule is COc1ccc(OC(=O)C#Cc2ccccc2)c2ccccc12. The normalized spacial score (nSPS) is 9.78. The second-order valence-corrected chi connectivity index (χ2v) is 4.82. The molecule has 0 radical (unpaired) electrons. The van der Waals surface area contributed by atoms with Crippen molar-refractivity contribution in [2.75, 3.05) is 7.11 Å². The van der Waals surface area contributed by atoms with Crippen molar-refractivity contribution in [1.29, 1.82) is 0 Å². The van der Waals surface area contributed by atoms with Crippen molar-refractivity contribution in [3.05, 3.63) is 72.3 Å². The van der Waals surface area contributed by atoms with Crippen LogP contribution in [0.3, 0.4) is 0 Å². The predicted octanol–water partition coefficient (Wildman–Crippen LogP) is 3.81. The first-order valence-corrected chi connectivity index (χ1v) is 7.12. The summed E-state index contributed by atoms with van der Waals surface area (Å²) in [4.78, 5) is 12.0. The molecule has 0 aliphatic carbocycles. The van der Waals surface area contributed by atoms with Gasteiger partial charge in [0.1, 0.15) is 11.5 Å². The Morgan fingerprint density at radius 1 is 0.826 bits per heavy atom. The molecule has 3 heteroatoms. The fourth-order valence-corrected chi connectivity index (χ4v) is 2.28. The van der Waals surface area contributed by atoms with Crippen LogP contribution in [0.5, 0.6) is 11.5 Å². The Morgan fingerprint density at radius 3 is 2.13 bits per heavy atom. The number of esters is 1. The fraction of sp³-hybridized carbons (Fsp3) is 0.0500. The van der Waals surface area contributed by atoms with E-state index in [1.807, 2.05) is 54.6 Å². The van der Waals surface area contributed by atoms with Gasteiger partial charge in [0.15, 0.2) is 0 Å². The average molecular weight is 302 g/mol. The second-order valence-electron chi connectivity index (χ2n) is 4.82. The zero-order valence-corrected chi connectivity index (χ0v) is 12.6. The maximum absolute atomic E-state index is 12.0. The van der Waals surface area contributed by atoms with Gasteiger partial charge in [-0.1, -0.05) is 48.4 Å². The lowest BCUT2D eigenvalue weighted by Crippen LogP contribution is -2.05. The largest absolute Gasteiger partial charge is 0.496 e. The topological polar surface area (TPSA) is 35.5 Å². The number of hydrogen-bond donors (Lipinski definition) is 0. The smallest absolute Gasteiger partial charge is 0.390 e. The lowest BCUT2D eigenvalue weighted by Gasteiger charge is -2.09. The van der Waals surface area contributed by atoms with E-state index >= 15 is 0 Å². The molecule has 0 saturated heterocycles. The molecule has 0 atom stereocenters. The van der Waals surface area contributed by atoms with Gasteiger partial charge in [0.2, 0.25) is 0 Å². The highest BCUT2D eigenvalue weighted by molar-refractivity contribution is 5.97. The first kappa shape index (κ1) is 14.7. The number of rotatable bonds is 2. The molecule has 0 bridgehead atoms. The molecule has 3 rings (SSSR count). The molecule has 0 amide bonds. The van der Waals surface area contributed by atoms with E-state index in [1.165, 1.54) is 0 Å². The van der Waals surface area contributed by atoms with Crippen LogP contribution in [0.25, 0.3) is 10.8 Å². The van der Waals surface area contributed by atoms with E-state index in [0.29, 0.717) is 5.75 Å². The Labute approximate surface area is 134 Å². The maximum Gasteiger partial charge on any atom is 0.390 e. The van der Waals surface area contributed by atoms with Crippen molar-refractivity contribution in [2.24, 2.45) is 0 Å². The zero-order chi connectivity index (χ0) is 16.1. The molecule has 0 heterocycles. The highest BCUT2D eigenvalue weighted by atomic mass is 16.5. The number of hydrogen-bond acceptors (Lipinski definition) is 3. The molecular formula is C20H14O3. The highest BCUT2D eigenvalue weighted by Gasteiger charge is 2.09. The van der Waals surface area contributed by atoms with Gasteiger partial charge in [-0.25, -0.2) is 4.79 Å². The monoisotopic (exact) mass is 302 g/mol. The third-order valence-corrected chi connectivity index (χ3v) is 3.35. The van der Waals surface area contributed by atoms with Gasteiger partial charge in [0, 0.05) is 22.3 Å². The van der Waals surface area contributed by atoms with Crippen LogP contribution < -0.4 is 9.47 Å². The quantitative estimate of drug-likeness (QED) is 0.410. The Hall–Kier alpha value is -3.25. The summed E-state index contributed by atoms with van der Waals surface area (Å²) in [5.41, 5.74) is 0.768. The van der Waals surface area contributed by atoms with Gasteiger partial charge >= 0.3 is 5.97 Å². The summed E-state index contributed by atoms with van der Waals surface area (Å²) in [6, 6.07) is 20.4. The summed E-state index contributed by atoms with van der Waals surface area (Å²) < 4.78 is 10.7. The Balaban J connectivity index is 1.88. The Kier molecular flexibility index (Phi) is 4.26. The minimum Gasteiger partial charge on any atom is -0.496 e. The van der Waals surface area contributed by atoms with Gasteiger partial charge in [0.05, 0.1) is 7.11 Å². The molecule has 0 saturated carbocycles. The van der Waals surface area contributed by atoms with E-state index in [1.54, 1.807) is 19.2 Å². The molecule has 0 unspecified atom stereocenters.